The summed E-state index contributed by atoms with van der Waals surface area (Å²) < 4.78 is 37.3. The van der Waals surface area contributed by atoms with Crippen molar-refractivity contribution in [1.82, 2.24) is 15.6 Å². The van der Waals surface area contributed by atoms with Crippen molar-refractivity contribution in [3.63, 3.8) is 0 Å². The zero-order valence-corrected chi connectivity index (χ0v) is 24.4. The molecule has 0 saturated heterocycles. The third-order valence-corrected chi connectivity index (χ3v) is 8.56. The molecule has 2 aromatic rings. The van der Waals surface area contributed by atoms with E-state index in [9.17, 15) is 18.3 Å². The second-order valence-electron chi connectivity index (χ2n) is 10.0. The zero-order valence-electron chi connectivity index (χ0n) is 23.6. The Morgan fingerprint density at radius 3 is 2.58 bits per heavy atom. The molecular formula is C29H40N4O6S. The number of carbonyl (C=O) groups is 1. The molecule has 40 heavy (non-hydrogen) atoms. The van der Waals surface area contributed by atoms with Crippen molar-refractivity contribution in [2.75, 3.05) is 44.8 Å². The summed E-state index contributed by atoms with van der Waals surface area (Å²) in [7, 11) is -0.792. The van der Waals surface area contributed by atoms with Crippen LogP contribution in [0.15, 0.2) is 42.5 Å². The SMILES string of the molecule is COCCOc1cc(C(=O)NC(Cc2ccccc2)C(O)CNCC#CC2CC2)cc(N(C)S(=O)(=O)C(C)C)n1. The summed E-state index contributed by atoms with van der Waals surface area (Å²) in [5.41, 5.74) is 1.10. The van der Waals surface area contributed by atoms with Crippen LogP contribution < -0.4 is 19.7 Å². The first-order valence-corrected chi connectivity index (χ1v) is 15.0. The summed E-state index contributed by atoms with van der Waals surface area (Å²) in [5.74, 6) is 6.39. The van der Waals surface area contributed by atoms with E-state index in [1.807, 2.05) is 30.3 Å². The van der Waals surface area contributed by atoms with Gasteiger partial charge in [0.15, 0.2) is 0 Å². The predicted molar refractivity (Wildman–Crippen MR) is 155 cm³/mol. The summed E-state index contributed by atoms with van der Waals surface area (Å²) in [4.78, 5) is 17.8. The maximum Gasteiger partial charge on any atom is 0.251 e. The van der Waals surface area contributed by atoms with E-state index in [1.54, 1.807) is 13.8 Å². The largest absolute Gasteiger partial charge is 0.475 e. The molecule has 1 aliphatic carbocycles. The third kappa shape index (κ3) is 9.48. The number of hydrogen-bond acceptors (Lipinski definition) is 8. The number of nitrogens with zero attached hydrogens (tertiary/aromatic N) is 2. The first kappa shape index (κ1) is 31.4. The number of methoxy groups -OCH3 is 1. The van der Waals surface area contributed by atoms with Gasteiger partial charge in [-0.05, 0) is 44.7 Å². The molecule has 1 heterocycles. The molecule has 11 heteroatoms. The highest BCUT2D eigenvalue weighted by molar-refractivity contribution is 7.93. The first-order chi connectivity index (χ1) is 19.1. The predicted octanol–water partition coefficient (Wildman–Crippen LogP) is 1.99. The van der Waals surface area contributed by atoms with E-state index in [2.05, 4.69) is 27.5 Å². The van der Waals surface area contributed by atoms with Crippen LogP contribution in [0, 0.1) is 17.8 Å². The number of benzene rings is 1. The van der Waals surface area contributed by atoms with E-state index >= 15 is 0 Å². The van der Waals surface area contributed by atoms with Crippen LogP contribution in [0.2, 0.25) is 0 Å². The Morgan fingerprint density at radius 1 is 1.20 bits per heavy atom. The Hall–Kier alpha value is -3.17. The number of rotatable bonds is 15. The Balaban J connectivity index is 1.82. The molecule has 1 amide bonds. The number of aliphatic hydroxyl groups excluding tert-OH is 1. The molecule has 2 atom stereocenters. The lowest BCUT2D eigenvalue weighted by Crippen LogP contribution is -2.48. The van der Waals surface area contributed by atoms with Crippen LogP contribution in [0.4, 0.5) is 5.82 Å². The highest BCUT2D eigenvalue weighted by Gasteiger charge is 2.27. The van der Waals surface area contributed by atoms with Gasteiger partial charge in [-0.1, -0.05) is 42.2 Å². The van der Waals surface area contributed by atoms with E-state index in [0.717, 1.165) is 22.7 Å². The van der Waals surface area contributed by atoms with E-state index in [1.165, 1.54) is 26.3 Å². The summed E-state index contributed by atoms with van der Waals surface area (Å²) in [5, 5.41) is 16.4. The van der Waals surface area contributed by atoms with Gasteiger partial charge in [0.1, 0.15) is 12.4 Å². The van der Waals surface area contributed by atoms with Crippen LogP contribution in [-0.4, -0.2) is 82.3 Å². The minimum absolute atomic E-state index is 0.0461. The van der Waals surface area contributed by atoms with Gasteiger partial charge in [-0.2, -0.15) is 4.98 Å². The van der Waals surface area contributed by atoms with Gasteiger partial charge >= 0.3 is 0 Å². The lowest BCUT2D eigenvalue weighted by molar-refractivity contribution is 0.0832. The molecule has 1 aromatic carbocycles. The topological polar surface area (TPSA) is 130 Å². The van der Waals surface area contributed by atoms with Crippen LogP contribution in [0.1, 0.15) is 42.6 Å². The summed E-state index contributed by atoms with van der Waals surface area (Å²) in [6, 6.07) is 11.8. The highest BCUT2D eigenvalue weighted by atomic mass is 32.2. The van der Waals surface area contributed by atoms with Crippen molar-refractivity contribution in [3.8, 4) is 17.7 Å². The highest BCUT2D eigenvalue weighted by Crippen LogP contribution is 2.27. The van der Waals surface area contributed by atoms with E-state index in [-0.39, 0.29) is 37.0 Å². The van der Waals surface area contributed by atoms with Crippen LogP contribution in [0.5, 0.6) is 5.88 Å². The summed E-state index contributed by atoms with van der Waals surface area (Å²) in [6.45, 7) is 4.28. The molecule has 218 valence electrons. The fourth-order valence-electron chi connectivity index (χ4n) is 3.78. The number of amides is 1. The molecule has 1 fully saturated rings. The van der Waals surface area contributed by atoms with Crippen LogP contribution in [-0.2, 0) is 21.2 Å². The third-order valence-electron chi connectivity index (χ3n) is 6.42. The number of aliphatic hydroxyl groups is 1. The zero-order chi connectivity index (χ0) is 29.1. The second-order valence-corrected chi connectivity index (χ2v) is 12.5. The molecule has 10 nitrogen and oxygen atoms in total. The van der Waals surface area contributed by atoms with Gasteiger partial charge in [-0.25, -0.2) is 8.42 Å². The summed E-state index contributed by atoms with van der Waals surface area (Å²) in [6.07, 6.45) is 1.78. The van der Waals surface area contributed by atoms with E-state index < -0.39 is 33.3 Å². The molecule has 1 saturated carbocycles. The van der Waals surface area contributed by atoms with E-state index in [0.29, 0.717) is 18.9 Å². The van der Waals surface area contributed by atoms with Crippen LogP contribution >= 0.6 is 0 Å². The molecule has 3 N–H and O–H groups in total. The Morgan fingerprint density at radius 2 is 1.93 bits per heavy atom. The van der Waals surface area contributed by atoms with Crippen LogP contribution in [0.3, 0.4) is 0 Å². The molecule has 0 radical (unpaired) electrons. The number of ether oxygens (including phenoxy) is 2. The quantitative estimate of drug-likeness (QED) is 0.218. The molecule has 1 aromatic heterocycles. The van der Waals surface area contributed by atoms with Gasteiger partial charge in [-0.15, -0.1) is 0 Å². The Bertz CT molecular complexity index is 1270. The second kappa shape index (κ2) is 15.0. The van der Waals surface area contributed by atoms with Crippen molar-refractivity contribution in [3.05, 3.63) is 53.6 Å². The average Bonchev–Trinajstić information content (AvgIpc) is 3.77. The number of carbonyl (C=O) groups excluding carboxylic acids is 1. The fourth-order valence-corrected chi connectivity index (χ4v) is 4.77. The minimum Gasteiger partial charge on any atom is -0.475 e. The van der Waals surface area contributed by atoms with Crippen molar-refractivity contribution >= 4 is 21.7 Å². The fraction of sp³-hybridized carbons (Fsp3) is 0.517. The van der Waals surface area contributed by atoms with Gasteiger partial charge in [0.25, 0.3) is 5.91 Å². The molecule has 0 spiro atoms. The normalized spacial score (nSPS) is 14.7. The number of sulfonamides is 1. The number of anilines is 1. The molecule has 3 rings (SSSR count). The van der Waals surface area contributed by atoms with Crippen molar-refractivity contribution < 1.29 is 27.8 Å². The molecule has 0 bridgehead atoms. The summed E-state index contributed by atoms with van der Waals surface area (Å²) >= 11 is 0. The maximum absolute atomic E-state index is 13.5. The van der Waals surface area contributed by atoms with Gasteiger partial charge in [0, 0.05) is 38.2 Å². The van der Waals surface area contributed by atoms with Gasteiger partial charge in [-0.3, -0.25) is 9.10 Å². The molecule has 1 aliphatic rings. The minimum atomic E-state index is -3.71. The smallest absolute Gasteiger partial charge is 0.251 e. The number of nitrogens with one attached hydrogen (secondary N) is 2. The molecular weight excluding hydrogens is 532 g/mol. The van der Waals surface area contributed by atoms with Crippen molar-refractivity contribution in [2.24, 2.45) is 5.92 Å². The monoisotopic (exact) mass is 572 g/mol. The molecule has 0 aliphatic heterocycles. The Kier molecular flexibility index (Phi) is 11.8. The van der Waals surface area contributed by atoms with Crippen molar-refractivity contribution in [2.45, 2.75) is 50.5 Å². The Labute approximate surface area is 237 Å². The number of pyridine rings is 1. The number of aromatic nitrogens is 1. The number of hydrogen-bond donors (Lipinski definition) is 3. The standard InChI is InChI=1S/C29H40N4O6S/c1-21(2)40(36,37)33(3)27-18-24(19-28(32-27)39-16-15-38-4)29(35)31-25(17-23-9-6-5-7-10-23)26(34)20-30-14-8-11-22-12-13-22/h5-7,9-10,18-19,21-22,25-26,30,34H,12-17,20H2,1-4H3,(H,31,35). The maximum atomic E-state index is 13.5. The van der Waals surface area contributed by atoms with Gasteiger partial charge < -0.3 is 25.2 Å². The molecule has 2 unspecified atom stereocenters. The average molecular weight is 573 g/mol. The van der Waals surface area contributed by atoms with Crippen molar-refractivity contribution in [1.29, 1.82) is 0 Å². The first-order valence-electron chi connectivity index (χ1n) is 13.4. The van der Waals surface area contributed by atoms with E-state index in [4.69, 9.17) is 9.47 Å². The lowest BCUT2D eigenvalue weighted by atomic mass is 10.0. The van der Waals surface area contributed by atoms with Crippen LogP contribution in [0.25, 0.3) is 0 Å². The van der Waals surface area contributed by atoms with Gasteiger partial charge in [0.2, 0.25) is 15.9 Å². The van der Waals surface area contributed by atoms with Gasteiger partial charge in [0.05, 0.1) is 30.5 Å². The lowest BCUT2D eigenvalue weighted by Gasteiger charge is -2.25.